The van der Waals surface area contributed by atoms with E-state index >= 15 is 0 Å². The van der Waals surface area contributed by atoms with Gasteiger partial charge in [-0.25, -0.2) is 4.39 Å². The van der Waals surface area contributed by atoms with Gasteiger partial charge in [0.05, 0.1) is 13.6 Å². The highest BCUT2D eigenvalue weighted by molar-refractivity contribution is 7.99. The maximum atomic E-state index is 12.8. The van der Waals surface area contributed by atoms with E-state index < -0.39 is 0 Å². The number of benzene rings is 2. The van der Waals surface area contributed by atoms with Crippen molar-refractivity contribution in [2.75, 3.05) is 31.2 Å². The lowest BCUT2D eigenvalue weighted by Gasteiger charge is -2.13. The first kappa shape index (κ1) is 17.8. The molecule has 0 aliphatic heterocycles. The Morgan fingerprint density at radius 2 is 1.83 bits per heavy atom. The maximum Gasteiger partial charge on any atom is 0.279 e. The number of likely N-dealkylation sites (N-methyl/N-ethyl adjacent to an activating group) is 1. The summed E-state index contributed by atoms with van der Waals surface area (Å²) >= 11 is 7.59. The Balaban J connectivity index is 1.69. The van der Waals surface area contributed by atoms with E-state index in [0.29, 0.717) is 12.2 Å². The SMILES string of the molecule is C[NH+](CCSc1ccc(Cl)cc1)CC(=O)Nc1ccc(F)cc1. The molecule has 0 saturated heterocycles. The monoisotopic (exact) mass is 353 g/mol. The molecule has 0 saturated carbocycles. The number of nitrogens with one attached hydrogen (secondary N) is 2. The maximum absolute atomic E-state index is 12.8. The van der Waals surface area contributed by atoms with Crippen LogP contribution in [0.2, 0.25) is 5.02 Å². The Bertz CT molecular complexity index is 634. The summed E-state index contributed by atoms with van der Waals surface area (Å²) in [5, 5.41) is 3.50. The van der Waals surface area contributed by atoms with Crippen molar-refractivity contribution in [2.45, 2.75) is 4.90 Å². The van der Waals surface area contributed by atoms with Gasteiger partial charge in [-0.05, 0) is 48.5 Å². The molecule has 23 heavy (non-hydrogen) atoms. The summed E-state index contributed by atoms with van der Waals surface area (Å²) in [5.41, 5.74) is 0.611. The zero-order chi connectivity index (χ0) is 16.7. The molecule has 0 spiro atoms. The minimum Gasteiger partial charge on any atom is -0.329 e. The fourth-order valence-corrected chi connectivity index (χ4v) is 3.12. The van der Waals surface area contributed by atoms with Crippen molar-refractivity contribution in [3.8, 4) is 0 Å². The third kappa shape index (κ3) is 6.60. The molecule has 0 aliphatic rings. The van der Waals surface area contributed by atoms with Crippen LogP contribution < -0.4 is 10.2 Å². The molecule has 0 aromatic heterocycles. The van der Waals surface area contributed by atoms with Gasteiger partial charge in [-0.3, -0.25) is 4.79 Å². The van der Waals surface area contributed by atoms with Crippen LogP contribution in [0.25, 0.3) is 0 Å². The molecular formula is C17H19ClFN2OS+. The second-order valence-electron chi connectivity index (χ2n) is 5.24. The largest absolute Gasteiger partial charge is 0.329 e. The number of anilines is 1. The Morgan fingerprint density at radius 3 is 2.48 bits per heavy atom. The molecule has 1 amide bonds. The highest BCUT2D eigenvalue weighted by Crippen LogP contribution is 2.19. The third-order valence-electron chi connectivity index (χ3n) is 3.20. The average molecular weight is 354 g/mol. The lowest BCUT2D eigenvalue weighted by Crippen LogP contribution is -3.10. The van der Waals surface area contributed by atoms with E-state index in [1.165, 1.54) is 12.1 Å². The van der Waals surface area contributed by atoms with E-state index in [2.05, 4.69) is 5.32 Å². The second kappa shape index (κ2) is 8.91. The van der Waals surface area contributed by atoms with Crippen LogP contribution in [0, 0.1) is 5.82 Å². The number of hydrogen-bond acceptors (Lipinski definition) is 2. The molecule has 2 N–H and O–H groups in total. The van der Waals surface area contributed by atoms with Crippen molar-refractivity contribution in [3.05, 3.63) is 59.4 Å². The first-order valence-corrected chi connectivity index (χ1v) is 8.64. The Labute approximate surface area is 144 Å². The number of quaternary nitrogens is 1. The molecule has 2 rings (SSSR count). The lowest BCUT2D eigenvalue weighted by atomic mass is 10.3. The third-order valence-corrected chi connectivity index (χ3v) is 4.47. The number of rotatable bonds is 7. The van der Waals surface area contributed by atoms with Gasteiger partial charge in [0, 0.05) is 21.4 Å². The van der Waals surface area contributed by atoms with E-state index in [0.717, 1.165) is 27.1 Å². The van der Waals surface area contributed by atoms with E-state index in [9.17, 15) is 9.18 Å². The van der Waals surface area contributed by atoms with Crippen molar-refractivity contribution < 1.29 is 14.1 Å². The van der Waals surface area contributed by atoms with Gasteiger partial charge in [0.2, 0.25) is 0 Å². The number of thioether (sulfide) groups is 1. The summed E-state index contributed by atoms with van der Waals surface area (Å²) in [6.45, 7) is 1.24. The standard InChI is InChI=1S/C17H18ClFN2OS/c1-21(10-11-23-16-8-2-13(18)3-9-16)12-17(22)20-15-6-4-14(19)5-7-15/h2-9H,10-12H2,1H3,(H,20,22)/p+1. The zero-order valence-corrected chi connectivity index (χ0v) is 14.4. The Hall–Kier alpha value is -1.56. The van der Waals surface area contributed by atoms with Gasteiger partial charge in [-0.1, -0.05) is 11.6 Å². The zero-order valence-electron chi connectivity index (χ0n) is 12.8. The van der Waals surface area contributed by atoms with E-state index in [4.69, 9.17) is 11.6 Å². The average Bonchev–Trinajstić information content (AvgIpc) is 2.51. The van der Waals surface area contributed by atoms with Gasteiger partial charge in [-0.15, -0.1) is 11.8 Å². The van der Waals surface area contributed by atoms with Crippen LogP contribution >= 0.6 is 23.4 Å². The number of carbonyl (C=O) groups is 1. The van der Waals surface area contributed by atoms with Crippen molar-refractivity contribution in [1.29, 1.82) is 0 Å². The Morgan fingerprint density at radius 1 is 1.17 bits per heavy atom. The molecule has 0 heterocycles. The summed E-state index contributed by atoms with van der Waals surface area (Å²) in [6.07, 6.45) is 0. The quantitative estimate of drug-likeness (QED) is 0.750. The molecule has 0 aliphatic carbocycles. The van der Waals surface area contributed by atoms with Crippen LogP contribution in [0.4, 0.5) is 10.1 Å². The van der Waals surface area contributed by atoms with Crippen LogP contribution in [-0.2, 0) is 4.79 Å². The molecule has 2 aromatic carbocycles. The van der Waals surface area contributed by atoms with Crippen molar-refractivity contribution in [3.63, 3.8) is 0 Å². The topological polar surface area (TPSA) is 33.5 Å². The number of carbonyl (C=O) groups excluding carboxylic acids is 1. The van der Waals surface area contributed by atoms with Crippen molar-refractivity contribution in [2.24, 2.45) is 0 Å². The highest BCUT2D eigenvalue weighted by atomic mass is 35.5. The van der Waals surface area contributed by atoms with E-state index in [1.54, 1.807) is 23.9 Å². The molecule has 0 radical (unpaired) electrons. The first-order valence-electron chi connectivity index (χ1n) is 7.28. The van der Waals surface area contributed by atoms with Gasteiger partial charge in [0.25, 0.3) is 5.91 Å². The number of hydrogen-bond donors (Lipinski definition) is 2. The Kier molecular flexibility index (Phi) is 6.89. The van der Waals surface area contributed by atoms with Crippen LogP contribution in [0.15, 0.2) is 53.4 Å². The smallest absolute Gasteiger partial charge is 0.279 e. The molecule has 1 unspecified atom stereocenters. The molecule has 0 fully saturated rings. The first-order chi connectivity index (χ1) is 11.0. The van der Waals surface area contributed by atoms with E-state index in [-0.39, 0.29) is 11.7 Å². The van der Waals surface area contributed by atoms with Crippen molar-refractivity contribution in [1.82, 2.24) is 0 Å². The van der Waals surface area contributed by atoms with Gasteiger partial charge < -0.3 is 10.2 Å². The lowest BCUT2D eigenvalue weighted by molar-refractivity contribution is -0.868. The molecular weight excluding hydrogens is 335 g/mol. The molecule has 0 bridgehead atoms. The van der Waals surface area contributed by atoms with Crippen molar-refractivity contribution >= 4 is 35.0 Å². The van der Waals surface area contributed by atoms with Gasteiger partial charge in [0.15, 0.2) is 6.54 Å². The fraction of sp³-hybridized carbons (Fsp3) is 0.235. The minimum absolute atomic E-state index is 0.0781. The fourth-order valence-electron chi connectivity index (χ4n) is 1.97. The summed E-state index contributed by atoms with van der Waals surface area (Å²) < 4.78 is 12.8. The van der Waals surface area contributed by atoms with Gasteiger partial charge >= 0.3 is 0 Å². The normalized spacial score (nSPS) is 12.0. The van der Waals surface area contributed by atoms with Crippen LogP contribution in [-0.4, -0.2) is 31.8 Å². The molecule has 1 atom stereocenters. The van der Waals surface area contributed by atoms with Crippen LogP contribution in [0.1, 0.15) is 0 Å². The molecule has 3 nitrogen and oxygen atoms in total. The van der Waals surface area contributed by atoms with Gasteiger partial charge in [-0.2, -0.15) is 0 Å². The minimum atomic E-state index is -0.315. The number of halogens is 2. The summed E-state index contributed by atoms with van der Waals surface area (Å²) in [6, 6.07) is 13.5. The summed E-state index contributed by atoms with van der Waals surface area (Å²) in [7, 11) is 1.98. The molecule has 6 heteroatoms. The predicted molar refractivity (Wildman–Crippen MR) is 93.8 cm³/mol. The second-order valence-corrected chi connectivity index (χ2v) is 6.85. The number of amides is 1. The predicted octanol–water partition coefficient (Wildman–Crippen LogP) is 2.72. The van der Waals surface area contributed by atoms with Gasteiger partial charge in [0.1, 0.15) is 5.82 Å². The highest BCUT2D eigenvalue weighted by Gasteiger charge is 2.10. The summed E-state index contributed by atoms with van der Waals surface area (Å²) in [5.74, 6) is 0.521. The van der Waals surface area contributed by atoms with Crippen LogP contribution in [0.5, 0.6) is 0 Å². The van der Waals surface area contributed by atoms with E-state index in [1.807, 2.05) is 31.3 Å². The summed E-state index contributed by atoms with van der Waals surface area (Å²) in [4.78, 5) is 14.2. The van der Waals surface area contributed by atoms with Crippen LogP contribution in [0.3, 0.4) is 0 Å². The molecule has 2 aromatic rings. The molecule has 122 valence electrons.